The van der Waals surface area contributed by atoms with Crippen molar-refractivity contribution in [2.24, 2.45) is 5.92 Å². The molecule has 0 heterocycles. The lowest BCUT2D eigenvalue weighted by molar-refractivity contribution is 0.154. The van der Waals surface area contributed by atoms with Crippen LogP contribution >= 0.6 is 15.9 Å². The summed E-state index contributed by atoms with van der Waals surface area (Å²) in [6.45, 7) is 2.05. The van der Waals surface area contributed by atoms with Crippen molar-refractivity contribution in [1.82, 2.24) is 0 Å². The summed E-state index contributed by atoms with van der Waals surface area (Å²) in [5, 5.41) is 9.86. The fourth-order valence-corrected chi connectivity index (χ4v) is 1.78. The van der Waals surface area contributed by atoms with Crippen molar-refractivity contribution in [3.8, 4) is 0 Å². The molecule has 0 bridgehead atoms. The van der Waals surface area contributed by atoms with Gasteiger partial charge in [0.15, 0.2) is 0 Å². The number of hydrogen-bond acceptors (Lipinski definition) is 1. The summed E-state index contributed by atoms with van der Waals surface area (Å²) in [5.74, 6) is 0.514. The van der Waals surface area contributed by atoms with Crippen molar-refractivity contribution in [1.29, 1.82) is 0 Å². The Bertz CT molecular complexity index is 318. The smallest absolute Gasteiger partial charge is 0.0818 e. The Morgan fingerprint density at radius 1 is 1.46 bits per heavy atom. The standard InChI is InChI=1S/C11H13BrO/c1-7-6-9(4-5-10(7)12)11(13)8-2-3-8/h4-6,8,11,13H,2-3H2,1H3. The van der Waals surface area contributed by atoms with Gasteiger partial charge in [-0.1, -0.05) is 28.1 Å². The van der Waals surface area contributed by atoms with E-state index in [-0.39, 0.29) is 6.10 Å². The average molecular weight is 241 g/mol. The van der Waals surface area contributed by atoms with Gasteiger partial charge in [0.2, 0.25) is 0 Å². The summed E-state index contributed by atoms with van der Waals surface area (Å²) in [5.41, 5.74) is 2.25. The minimum absolute atomic E-state index is 0.244. The Hall–Kier alpha value is -0.340. The molecule has 0 saturated heterocycles. The number of rotatable bonds is 2. The molecule has 1 aromatic carbocycles. The number of aryl methyl sites for hydroxylation is 1. The molecular weight excluding hydrogens is 228 g/mol. The quantitative estimate of drug-likeness (QED) is 0.842. The van der Waals surface area contributed by atoms with E-state index in [0.717, 1.165) is 10.0 Å². The average Bonchev–Trinajstić information content (AvgIpc) is 2.91. The van der Waals surface area contributed by atoms with Gasteiger partial charge in [-0.3, -0.25) is 0 Å². The predicted octanol–water partition coefficient (Wildman–Crippen LogP) is 3.20. The summed E-state index contributed by atoms with van der Waals surface area (Å²) in [6, 6.07) is 6.07. The molecule has 2 rings (SSSR count). The van der Waals surface area contributed by atoms with Gasteiger partial charge >= 0.3 is 0 Å². The fourth-order valence-electron chi connectivity index (χ4n) is 1.54. The first-order valence-electron chi connectivity index (χ1n) is 4.62. The fraction of sp³-hybridized carbons (Fsp3) is 0.455. The summed E-state index contributed by atoms with van der Waals surface area (Å²) in [4.78, 5) is 0. The van der Waals surface area contributed by atoms with Crippen LogP contribution in [0.25, 0.3) is 0 Å². The maximum Gasteiger partial charge on any atom is 0.0818 e. The number of aliphatic hydroxyl groups excluding tert-OH is 1. The van der Waals surface area contributed by atoms with Crippen molar-refractivity contribution in [2.75, 3.05) is 0 Å². The molecule has 0 amide bonds. The number of halogens is 1. The molecule has 0 spiro atoms. The van der Waals surface area contributed by atoms with Crippen LogP contribution in [0.1, 0.15) is 30.1 Å². The van der Waals surface area contributed by atoms with E-state index in [2.05, 4.69) is 22.0 Å². The highest BCUT2D eigenvalue weighted by Crippen LogP contribution is 2.41. The molecular formula is C11H13BrO. The molecule has 1 unspecified atom stereocenters. The molecule has 1 N–H and O–H groups in total. The molecule has 1 nitrogen and oxygen atoms in total. The largest absolute Gasteiger partial charge is 0.388 e. The minimum atomic E-state index is -0.244. The number of aliphatic hydroxyl groups is 1. The molecule has 13 heavy (non-hydrogen) atoms. The summed E-state index contributed by atoms with van der Waals surface area (Å²) < 4.78 is 1.11. The third-order valence-corrected chi connectivity index (χ3v) is 3.48. The van der Waals surface area contributed by atoms with Crippen molar-refractivity contribution >= 4 is 15.9 Å². The van der Waals surface area contributed by atoms with E-state index in [0.29, 0.717) is 5.92 Å². The van der Waals surface area contributed by atoms with Crippen LogP contribution in [0.4, 0.5) is 0 Å². The molecule has 70 valence electrons. The van der Waals surface area contributed by atoms with Gasteiger partial charge in [-0.15, -0.1) is 0 Å². The first-order chi connectivity index (χ1) is 6.18. The molecule has 1 aliphatic carbocycles. The van der Waals surface area contributed by atoms with Crippen LogP contribution in [0.15, 0.2) is 22.7 Å². The maximum absolute atomic E-state index is 9.86. The van der Waals surface area contributed by atoms with E-state index >= 15 is 0 Å². The summed E-state index contributed by atoms with van der Waals surface area (Å²) in [7, 11) is 0. The Balaban J connectivity index is 2.24. The third kappa shape index (κ3) is 1.94. The van der Waals surface area contributed by atoms with E-state index in [1.165, 1.54) is 18.4 Å². The molecule has 0 aromatic heterocycles. The van der Waals surface area contributed by atoms with E-state index in [4.69, 9.17) is 0 Å². The van der Waals surface area contributed by atoms with Gasteiger partial charge in [-0.25, -0.2) is 0 Å². The van der Waals surface area contributed by atoms with E-state index < -0.39 is 0 Å². The zero-order valence-electron chi connectivity index (χ0n) is 7.63. The summed E-state index contributed by atoms with van der Waals surface area (Å²) >= 11 is 3.45. The molecule has 1 aliphatic rings. The van der Waals surface area contributed by atoms with Crippen LogP contribution in [0.2, 0.25) is 0 Å². The van der Waals surface area contributed by atoms with Gasteiger partial charge in [0, 0.05) is 4.47 Å². The second-order valence-corrected chi connectivity index (χ2v) is 4.65. The van der Waals surface area contributed by atoms with Crippen LogP contribution in [-0.4, -0.2) is 5.11 Å². The first kappa shape index (κ1) is 9.22. The van der Waals surface area contributed by atoms with Gasteiger partial charge in [0.25, 0.3) is 0 Å². The monoisotopic (exact) mass is 240 g/mol. The minimum Gasteiger partial charge on any atom is -0.388 e. The lowest BCUT2D eigenvalue weighted by Crippen LogP contribution is -1.99. The Kier molecular flexibility index (Phi) is 2.43. The lowest BCUT2D eigenvalue weighted by atomic mass is 10.0. The number of benzene rings is 1. The van der Waals surface area contributed by atoms with Crippen LogP contribution in [-0.2, 0) is 0 Å². The highest BCUT2D eigenvalue weighted by molar-refractivity contribution is 9.10. The van der Waals surface area contributed by atoms with Gasteiger partial charge < -0.3 is 5.11 Å². The van der Waals surface area contributed by atoms with E-state index in [1.807, 2.05) is 19.1 Å². The van der Waals surface area contributed by atoms with Crippen LogP contribution < -0.4 is 0 Å². The van der Waals surface area contributed by atoms with Gasteiger partial charge in [-0.2, -0.15) is 0 Å². The van der Waals surface area contributed by atoms with Gasteiger partial charge in [-0.05, 0) is 42.9 Å². The molecule has 1 aromatic rings. The van der Waals surface area contributed by atoms with Crippen molar-refractivity contribution in [3.63, 3.8) is 0 Å². The van der Waals surface area contributed by atoms with Crippen molar-refractivity contribution < 1.29 is 5.11 Å². The number of hydrogen-bond donors (Lipinski definition) is 1. The Morgan fingerprint density at radius 2 is 2.15 bits per heavy atom. The Labute approximate surface area is 86.9 Å². The van der Waals surface area contributed by atoms with Crippen LogP contribution in [0.3, 0.4) is 0 Å². The molecule has 1 fully saturated rings. The lowest BCUT2D eigenvalue weighted by Gasteiger charge is -2.10. The zero-order chi connectivity index (χ0) is 9.42. The second-order valence-electron chi connectivity index (χ2n) is 3.79. The Morgan fingerprint density at radius 3 is 2.69 bits per heavy atom. The van der Waals surface area contributed by atoms with E-state index in [9.17, 15) is 5.11 Å². The van der Waals surface area contributed by atoms with Crippen LogP contribution in [0, 0.1) is 12.8 Å². The zero-order valence-corrected chi connectivity index (χ0v) is 9.21. The highest BCUT2D eigenvalue weighted by atomic mass is 79.9. The molecule has 2 heteroatoms. The van der Waals surface area contributed by atoms with Crippen LogP contribution in [0.5, 0.6) is 0 Å². The van der Waals surface area contributed by atoms with Crippen molar-refractivity contribution in [3.05, 3.63) is 33.8 Å². The van der Waals surface area contributed by atoms with Gasteiger partial charge in [0.05, 0.1) is 6.10 Å². The molecule has 0 aliphatic heterocycles. The predicted molar refractivity (Wildman–Crippen MR) is 56.6 cm³/mol. The first-order valence-corrected chi connectivity index (χ1v) is 5.42. The highest BCUT2D eigenvalue weighted by Gasteiger charge is 2.30. The van der Waals surface area contributed by atoms with Gasteiger partial charge in [0.1, 0.15) is 0 Å². The SMILES string of the molecule is Cc1cc(C(O)C2CC2)ccc1Br. The van der Waals surface area contributed by atoms with Crippen molar-refractivity contribution in [2.45, 2.75) is 25.9 Å². The molecule has 1 atom stereocenters. The third-order valence-electron chi connectivity index (χ3n) is 2.59. The summed E-state index contributed by atoms with van der Waals surface area (Å²) in [6.07, 6.45) is 2.11. The molecule has 1 saturated carbocycles. The second kappa shape index (κ2) is 3.43. The normalized spacial score (nSPS) is 18.7. The maximum atomic E-state index is 9.86. The van der Waals surface area contributed by atoms with E-state index in [1.54, 1.807) is 0 Å². The molecule has 0 radical (unpaired) electrons. The topological polar surface area (TPSA) is 20.2 Å².